The number of aromatic amines is 1. The Hall–Kier alpha value is -4.90. The van der Waals surface area contributed by atoms with E-state index in [0.717, 1.165) is 46.9 Å². The SMILES string of the molecule is CNC[C@H]1C[C@H]2CC[C@@H]1[C@H]1c3c(cc4oc(C)cc(=O)c4c3O)O[C@@]3(C)CCSSCC4=C(N)NC(Cn5cc6cc[nH]c6c5)C=C4C4C=C(C=C(N)N4)CC[C@H]4O[C@@]24C(=O)O[C@H]13. The topological polar surface area (TPSA) is 207 Å². The third kappa shape index (κ3) is 6.85. The zero-order valence-electron chi connectivity index (χ0n) is 35.7. The van der Waals surface area contributed by atoms with Crippen LogP contribution in [0.4, 0.5) is 0 Å². The van der Waals surface area contributed by atoms with E-state index in [2.05, 4.69) is 56.1 Å². The van der Waals surface area contributed by atoms with Crippen LogP contribution in [-0.4, -0.2) is 81.2 Å². The lowest BCUT2D eigenvalue weighted by molar-refractivity contribution is -0.174. The van der Waals surface area contributed by atoms with Crippen molar-refractivity contribution in [2.75, 3.05) is 25.1 Å². The number of hydrogen-bond donors (Lipinski definition) is 7. The quantitative estimate of drug-likeness (QED) is 0.0749. The standard InChI is InChI=1S/C47H55N7O7S2/c1-23-12-34(55)40-35(58-23)17-36-41(42(40)56)39-29-6-5-27(15-26(29)18-50-3)47-37(61-47)7-4-24-13-32(53-38(48)14-24)30-16-28(20-54-19-25-8-10-51-33(25)21-54)52-44(49)31(30)22-63-62-11-9-46(2,60-36)43(39)59-45(47)57/h8,10,12-14,16-17,19,21,26-29,32,37,39,43,50-53,56H,4-7,9,11,15,18,20,22,48-49H2,1-3H3/t26-,27-,28?,29+,32?,37-,39+,43-,46+,47+/m1/s1. The summed E-state index contributed by atoms with van der Waals surface area (Å²) in [5, 5.41) is 24.1. The number of ether oxygens (including phenoxy) is 3. The molecule has 1 saturated carbocycles. The van der Waals surface area contributed by atoms with Crippen LogP contribution in [0.15, 0.2) is 92.6 Å². The molecule has 4 fully saturated rings. The van der Waals surface area contributed by atoms with Crippen LogP contribution in [0.3, 0.4) is 0 Å². The van der Waals surface area contributed by atoms with Crippen molar-refractivity contribution in [1.82, 2.24) is 25.5 Å². The van der Waals surface area contributed by atoms with Gasteiger partial charge in [0.2, 0.25) is 0 Å². The second-order valence-corrected chi connectivity index (χ2v) is 21.4. The summed E-state index contributed by atoms with van der Waals surface area (Å²) in [5.41, 5.74) is 16.2. The highest BCUT2D eigenvalue weighted by Gasteiger charge is 2.71. The average molecular weight is 894 g/mol. The zero-order valence-corrected chi connectivity index (χ0v) is 37.3. The molecule has 1 spiro atoms. The van der Waals surface area contributed by atoms with Crippen molar-refractivity contribution >= 4 is 49.4 Å². The van der Waals surface area contributed by atoms with Gasteiger partial charge in [-0.15, -0.1) is 0 Å². The Morgan fingerprint density at radius 3 is 2.81 bits per heavy atom. The lowest BCUT2D eigenvalue weighted by Gasteiger charge is -2.50. The van der Waals surface area contributed by atoms with Gasteiger partial charge < -0.3 is 60.7 Å². The maximum absolute atomic E-state index is 15.1. The highest BCUT2D eigenvalue weighted by molar-refractivity contribution is 8.76. The maximum atomic E-state index is 15.1. The number of fused-ring (bicyclic) bond motifs is 8. The predicted octanol–water partition coefficient (Wildman–Crippen LogP) is 5.67. The summed E-state index contributed by atoms with van der Waals surface area (Å²) in [6.07, 6.45) is 15.7. The molecule has 3 aromatic heterocycles. The summed E-state index contributed by atoms with van der Waals surface area (Å²) < 4.78 is 28.9. The van der Waals surface area contributed by atoms with Crippen LogP contribution in [0.5, 0.6) is 11.5 Å². The number of aromatic nitrogens is 2. The lowest BCUT2D eigenvalue weighted by Crippen LogP contribution is -2.56. The number of epoxide rings is 1. The van der Waals surface area contributed by atoms with Crippen LogP contribution >= 0.6 is 21.6 Å². The van der Waals surface area contributed by atoms with Crippen LogP contribution in [0.25, 0.3) is 21.9 Å². The molecule has 12 rings (SSSR count). The molecule has 2 unspecified atom stereocenters. The van der Waals surface area contributed by atoms with Gasteiger partial charge in [0, 0.05) is 83.6 Å². The molecule has 63 heavy (non-hydrogen) atoms. The van der Waals surface area contributed by atoms with Crippen molar-refractivity contribution in [1.29, 1.82) is 0 Å². The summed E-state index contributed by atoms with van der Waals surface area (Å²) in [5.74, 6) is 2.53. The number of benzene rings is 1. The molecular formula is C47H55N7O7S2. The van der Waals surface area contributed by atoms with Gasteiger partial charge in [-0.3, -0.25) is 4.79 Å². The Kier molecular flexibility index (Phi) is 9.97. The van der Waals surface area contributed by atoms with Gasteiger partial charge in [0.25, 0.3) is 0 Å². The molecule has 8 aliphatic rings. The van der Waals surface area contributed by atoms with Crippen molar-refractivity contribution in [3.05, 3.63) is 105 Å². The number of esters is 1. The van der Waals surface area contributed by atoms with E-state index < -0.39 is 23.2 Å². The second-order valence-electron chi connectivity index (χ2n) is 18.8. The summed E-state index contributed by atoms with van der Waals surface area (Å²) in [6, 6.07) is 4.96. The largest absolute Gasteiger partial charge is 0.507 e. The molecule has 9 N–H and O–H groups in total. The average Bonchev–Trinajstić information content (AvgIpc) is 3.58. The number of carbonyl (C=O) groups excluding carboxylic acids is 1. The van der Waals surface area contributed by atoms with E-state index in [1.807, 2.05) is 26.2 Å². The van der Waals surface area contributed by atoms with Crippen LogP contribution in [0, 0.1) is 24.7 Å². The van der Waals surface area contributed by atoms with E-state index in [1.54, 1.807) is 34.6 Å². The highest BCUT2D eigenvalue weighted by atomic mass is 33.1. The molecule has 14 nitrogen and oxygen atoms in total. The Labute approximate surface area is 373 Å². The number of rotatable bonds is 4. The van der Waals surface area contributed by atoms with Gasteiger partial charge >= 0.3 is 5.97 Å². The second kappa shape index (κ2) is 15.4. The minimum atomic E-state index is -1.10. The fourth-order valence-corrected chi connectivity index (χ4v) is 14.3. The number of phenolic OH excluding ortho intramolecular Hbond substituents is 1. The first-order valence-electron chi connectivity index (χ1n) is 22.2. The van der Waals surface area contributed by atoms with Crippen LogP contribution < -0.4 is 37.6 Å². The third-order valence-electron chi connectivity index (χ3n) is 14.9. The van der Waals surface area contributed by atoms with Gasteiger partial charge in [0.1, 0.15) is 45.8 Å². The first-order chi connectivity index (χ1) is 30.4. The molecule has 0 radical (unpaired) electrons. The molecule has 1 aromatic carbocycles. The van der Waals surface area contributed by atoms with Gasteiger partial charge in [-0.2, -0.15) is 0 Å². The molecular weight excluding hydrogens is 839 g/mol. The number of allylic oxidation sites excluding steroid dienone is 2. The monoisotopic (exact) mass is 893 g/mol. The predicted molar refractivity (Wildman–Crippen MR) is 245 cm³/mol. The van der Waals surface area contributed by atoms with E-state index in [9.17, 15) is 9.90 Å². The van der Waals surface area contributed by atoms with E-state index in [4.69, 9.17) is 30.1 Å². The maximum Gasteiger partial charge on any atom is 0.341 e. The number of hydrogen-bond acceptors (Lipinski definition) is 14. The number of nitrogens with one attached hydrogen (secondary N) is 4. The first kappa shape index (κ1) is 40.8. The summed E-state index contributed by atoms with van der Waals surface area (Å²) in [7, 11) is 5.40. The number of nitrogens with zero attached hydrogens (tertiary/aromatic N) is 1. The van der Waals surface area contributed by atoms with Crippen molar-refractivity contribution in [2.24, 2.45) is 29.2 Å². The number of H-pyrrole nitrogens is 1. The number of carbonyl (C=O) groups is 1. The first-order valence-corrected chi connectivity index (χ1v) is 24.7. The Bertz CT molecular complexity index is 2690. The fraction of sp³-hybridized carbons (Fsp3) is 0.489. The summed E-state index contributed by atoms with van der Waals surface area (Å²) in [6.45, 7) is 5.15. The third-order valence-corrected chi connectivity index (χ3v) is 17.2. The van der Waals surface area contributed by atoms with E-state index in [1.165, 1.54) is 6.07 Å². The van der Waals surface area contributed by atoms with Crippen molar-refractivity contribution in [2.45, 2.75) is 100 Å². The molecule has 10 atom stereocenters. The molecule has 3 saturated heterocycles. The Balaban J connectivity index is 0.987. The van der Waals surface area contributed by atoms with Crippen molar-refractivity contribution < 1.29 is 28.5 Å². The van der Waals surface area contributed by atoms with Gasteiger partial charge in [-0.1, -0.05) is 33.7 Å². The molecule has 1 aliphatic carbocycles. The number of dihydropyridines is 2. The molecule has 7 aliphatic heterocycles. The number of phenols is 1. The minimum absolute atomic E-state index is 0.0115. The normalized spacial score (nSPS) is 34.0. The number of nitrogens with two attached hydrogens (primary N) is 2. The molecule has 332 valence electrons. The Morgan fingerprint density at radius 2 is 1.97 bits per heavy atom. The smallest absolute Gasteiger partial charge is 0.341 e. The highest BCUT2D eigenvalue weighted by Crippen LogP contribution is 2.62. The van der Waals surface area contributed by atoms with Crippen LogP contribution in [0.1, 0.15) is 62.7 Å². The number of aromatic hydroxyl groups is 1. The van der Waals surface area contributed by atoms with Gasteiger partial charge in [-0.25, -0.2) is 4.79 Å². The minimum Gasteiger partial charge on any atom is -0.507 e. The summed E-state index contributed by atoms with van der Waals surface area (Å²) in [4.78, 5) is 31.9. The molecule has 10 heterocycles. The van der Waals surface area contributed by atoms with Gasteiger partial charge in [0.15, 0.2) is 11.0 Å². The molecule has 4 aromatic rings. The number of aryl methyl sites for hydroxylation is 1. The fourth-order valence-electron chi connectivity index (χ4n) is 12.0. The van der Waals surface area contributed by atoms with Crippen LogP contribution in [0.2, 0.25) is 0 Å². The van der Waals surface area contributed by atoms with E-state index in [-0.39, 0.29) is 64.1 Å². The molecule has 16 heteroatoms. The van der Waals surface area contributed by atoms with Gasteiger partial charge in [0.05, 0.1) is 29.5 Å². The van der Waals surface area contributed by atoms with E-state index >= 15 is 4.79 Å². The van der Waals surface area contributed by atoms with Crippen molar-refractivity contribution in [3.63, 3.8) is 0 Å². The lowest BCUT2D eigenvalue weighted by atomic mass is 9.61. The van der Waals surface area contributed by atoms with Gasteiger partial charge in [-0.05, 0) is 94.7 Å². The zero-order chi connectivity index (χ0) is 43.4. The Morgan fingerprint density at radius 1 is 1.10 bits per heavy atom. The molecule has 6 bridgehead atoms. The summed E-state index contributed by atoms with van der Waals surface area (Å²) >= 11 is 0. The van der Waals surface area contributed by atoms with Crippen LogP contribution in [-0.2, 0) is 20.8 Å². The van der Waals surface area contributed by atoms with E-state index in [0.29, 0.717) is 72.6 Å². The van der Waals surface area contributed by atoms with Crippen molar-refractivity contribution in [3.8, 4) is 11.5 Å². The molecule has 0 amide bonds.